The van der Waals surface area contributed by atoms with E-state index in [9.17, 15) is 9.90 Å². The van der Waals surface area contributed by atoms with E-state index in [0.29, 0.717) is 0 Å². The number of hydrogen-bond donors (Lipinski definition) is 2. The number of aliphatic hydroxyl groups excluding tert-OH is 1. The van der Waals surface area contributed by atoms with Crippen LogP contribution in [0.15, 0.2) is 30.3 Å². The molecule has 3 heteroatoms. The van der Waals surface area contributed by atoms with Gasteiger partial charge in [0.15, 0.2) is 0 Å². The van der Waals surface area contributed by atoms with Gasteiger partial charge in [0, 0.05) is 0 Å². The van der Waals surface area contributed by atoms with Crippen molar-refractivity contribution in [2.45, 2.75) is 32.8 Å². The second-order valence-corrected chi connectivity index (χ2v) is 5.47. The number of aromatic carboxylic acids is 1. The predicted molar refractivity (Wildman–Crippen MR) is 70.4 cm³/mol. The van der Waals surface area contributed by atoms with Gasteiger partial charge >= 0.3 is 5.97 Å². The fourth-order valence-corrected chi connectivity index (χ4v) is 2.35. The van der Waals surface area contributed by atoms with Crippen molar-refractivity contribution in [2.24, 2.45) is 5.41 Å². The van der Waals surface area contributed by atoms with Crippen LogP contribution < -0.4 is 0 Å². The Balaban J connectivity index is 2.32. The minimum atomic E-state index is -0.931. The van der Waals surface area contributed by atoms with Gasteiger partial charge in [-0.15, -0.1) is 0 Å². The Morgan fingerprint density at radius 2 is 1.89 bits per heavy atom. The first kappa shape index (κ1) is 12.8. The van der Waals surface area contributed by atoms with Crippen molar-refractivity contribution in [2.75, 3.05) is 0 Å². The van der Waals surface area contributed by atoms with Gasteiger partial charge in [0.05, 0.1) is 11.7 Å². The number of benzene rings is 1. The smallest absolute Gasteiger partial charge is 0.335 e. The van der Waals surface area contributed by atoms with E-state index in [4.69, 9.17) is 5.11 Å². The molecule has 0 heterocycles. The Morgan fingerprint density at radius 1 is 1.28 bits per heavy atom. The lowest BCUT2D eigenvalue weighted by Gasteiger charge is -2.35. The van der Waals surface area contributed by atoms with Crippen LogP contribution in [0.4, 0.5) is 0 Å². The van der Waals surface area contributed by atoms with Crippen molar-refractivity contribution in [1.82, 2.24) is 0 Å². The predicted octanol–water partition coefficient (Wildman–Crippen LogP) is 2.95. The molecule has 2 N–H and O–H groups in total. The van der Waals surface area contributed by atoms with E-state index in [0.717, 1.165) is 24.0 Å². The normalized spacial score (nSPS) is 22.4. The summed E-state index contributed by atoms with van der Waals surface area (Å²) < 4.78 is 0. The quantitative estimate of drug-likeness (QED) is 0.843. The summed E-state index contributed by atoms with van der Waals surface area (Å²) in [6.45, 7) is 4.10. The molecule has 1 aromatic rings. The van der Waals surface area contributed by atoms with Crippen LogP contribution >= 0.6 is 0 Å². The van der Waals surface area contributed by atoms with Gasteiger partial charge in [-0.2, -0.15) is 0 Å². The van der Waals surface area contributed by atoms with Gasteiger partial charge in [-0.3, -0.25) is 0 Å². The molecule has 18 heavy (non-hydrogen) atoms. The van der Waals surface area contributed by atoms with Crippen molar-refractivity contribution < 1.29 is 15.0 Å². The molecule has 1 aliphatic rings. The monoisotopic (exact) mass is 246 g/mol. The van der Waals surface area contributed by atoms with Gasteiger partial charge in [-0.25, -0.2) is 4.79 Å². The van der Waals surface area contributed by atoms with Crippen LogP contribution in [0.3, 0.4) is 0 Å². The van der Waals surface area contributed by atoms with Gasteiger partial charge in [0.25, 0.3) is 0 Å². The van der Waals surface area contributed by atoms with Gasteiger partial charge in [-0.1, -0.05) is 32.1 Å². The molecular weight excluding hydrogens is 228 g/mol. The van der Waals surface area contributed by atoms with Crippen molar-refractivity contribution in [3.8, 4) is 0 Å². The molecule has 0 radical (unpaired) electrons. The largest absolute Gasteiger partial charge is 0.478 e. The summed E-state index contributed by atoms with van der Waals surface area (Å²) in [5.74, 6) is -0.931. The molecule has 0 amide bonds. The highest BCUT2D eigenvalue weighted by Crippen LogP contribution is 2.39. The molecule has 2 rings (SSSR count). The highest BCUT2D eigenvalue weighted by molar-refractivity contribution is 5.88. The molecule has 0 aliphatic heterocycles. The number of carboxylic acids is 1. The molecule has 0 saturated heterocycles. The van der Waals surface area contributed by atoms with E-state index in [1.54, 1.807) is 24.3 Å². The summed E-state index contributed by atoms with van der Waals surface area (Å²) in [7, 11) is 0. The van der Waals surface area contributed by atoms with E-state index < -0.39 is 12.1 Å². The Kier molecular flexibility index (Phi) is 3.26. The summed E-state index contributed by atoms with van der Waals surface area (Å²) in [6, 6.07) is 6.68. The Bertz CT molecular complexity index is 483. The fraction of sp³-hybridized carbons (Fsp3) is 0.400. The first-order chi connectivity index (χ1) is 8.42. The number of aliphatic hydroxyl groups is 1. The molecule has 3 nitrogen and oxygen atoms in total. The van der Waals surface area contributed by atoms with Crippen molar-refractivity contribution in [3.05, 3.63) is 41.5 Å². The molecule has 1 atom stereocenters. The summed E-state index contributed by atoms with van der Waals surface area (Å²) in [6.07, 6.45) is 3.46. The third-order valence-electron chi connectivity index (χ3n) is 3.65. The van der Waals surface area contributed by atoms with Crippen LogP contribution in [-0.4, -0.2) is 22.3 Å². The standard InChI is InChI=1S/C15H18O3/c1-15(2)9-3-4-12(13(15)16)10-5-7-11(8-6-10)14(17)18/h4-8,13,16H,3,9H2,1-2H3,(H,17,18)/t13-/m1/s1. The first-order valence-corrected chi connectivity index (χ1v) is 6.14. The van der Waals surface area contributed by atoms with Crippen molar-refractivity contribution >= 4 is 11.5 Å². The zero-order valence-corrected chi connectivity index (χ0v) is 10.7. The van der Waals surface area contributed by atoms with E-state index >= 15 is 0 Å². The molecular formula is C15H18O3. The van der Waals surface area contributed by atoms with Crippen LogP contribution in [0.5, 0.6) is 0 Å². The van der Waals surface area contributed by atoms with Crippen LogP contribution in [0.25, 0.3) is 5.57 Å². The highest BCUT2D eigenvalue weighted by atomic mass is 16.4. The van der Waals surface area contributed by atoms with Gasteiger partial charge in [0.2, 0.25) is 0 Å². The summed E-state index contributed by atoms with van der Waals surface area (Å²) in [5, 5.41) is 19.2. The van der Waals surface area contributed by atoms with E-state index in [1.165, 1.54) is 0 Å². The molecule has 0 fully saturated rings. The molecule has 1 aromatic carbocycles. The molecule has 96 valence electrons. The molecule has 1 aliphatic carbocycles. The minimum Gasteiger partial charge on any atom is -0.478 e. The van der Waals surface area contributed by atoms with Crippen molar-refractivity contribution in [1.29, 1.82) is 0 Å². The lowest BCUT2D eigenvalue weighted by molar-refractivity contribution is 0.0697. The van der Waals surface area contributed by atoms with E-state index in [1.807, 2.05) is 6.08 Å². The second-order valence-electron chi connectivity index (χ2n) is 5.47. The first-order valence-electron chi connectivity index (χ1n) is 6.14. The number of carbonyl (C=O) groups is 1. The average Bonchev–Trinajstić information content (AvgIpc) is 2.33. The summed E-state index contributed by atoms with van der Waals surface area (Å²) in [4.78, 5) is 10.8. The SMILES string of the molecule is CC1(C)CCC=C(c2ccc(C(=O)O)cc2)[C@H]1O. The minimum absolute atomic E-state index is 0.129. The lowest BCUT2D eigenvalue weighted by atomic mass is 9.73. The third kappa shape index (κ3) is 2.31. The van der Waals surface area contributed by atoms with Crippen LogP contribution in [0.2, 0.25) is 0 Å². The Labute approximate surface area is 107 Å². The van der Waals surface area contributed by atoms with E-state index in [2.05, 4.69) is 13.8 Å². The number of hydrogen-bond acceptors (Lipinski definition) is 2. The fourth-order valence-electron chi connectivity index (χ4n) is 2.35. The van der Waals surface area contributed by atoms with Crippen molar-refractivity contribution in [3.63, 3.8) is 0 Å². The maximum Gasteiger partial charge on any atom is 0.335 e. The number of rotatable bonds is 2. The zero-order chi connectivity index (χ0) is 13.3. The average molecular weight is 246 g/mol. The molecule has 0 bridgehead atoms. The maximum atomic E-state index is 10.8. The van der Waals surface area contributed by atoms with Crippen LogP contribution in [0, 0.1) is 5.41 Å². The number of carboxylic acid groups (broad SMARTS) is 1. The van der Waals surface area contributed by atoms with Gasteiger partial charge < -0.3 is 10.2 Å². The topological polar surface area (TPSA) is 57.5 Å². The lowest BCUT2D eigenvalue weighted by Crippen LogP contribution is -2.32. The summed E-state index contributed by atoms with van der Waals surface area (Å²) in [5.41, 5.74) is 1.95. The molecule has 0 spiro atoms. The summed E-state index contributed by atoms with van der Waals surface area (Å²) >= 11 is 0. The third-order valence-corrected chi connectivity index (χ3v) is 3.65. The second kappa shape index (κ2) is 4.58. The van der Waals surface area contributed by atoms with Gasteiger partial charge in [0.1, 0.15) is 0 Å². The highest BCUT2D eigenvalue weighted by Gasteiger charge is 2.33. The Hall–Kier alpha value is -1.61. The van der Waals surface area contributed by atoms with Crippen LogP contribution in [0.1, 0.15) is 42.6 Å². The maximum absolute atomic E-state index is 10.8. The Morgan fingerprint density at radius 3 is 2.44 bits per heavy atom. The van der Waals surface area contributed by atoms with Gasteiger partial charge in [-0.05, 0) is 41.5 Å². The zero-order valence-electron chi connectivity index (χ0n) is 10.7. The van der Waals surface area contributed by atoms with E-state index in [-0.39, 0.29) is 11.0 Å². The number of allylic oxidation sites excluding steroid dienone is 1. The molecule has 0 saturated carbocycles. The van der Waals surface area contributed by atoms with Crippen LogP contribution in [-0.2, 0) is 0 Å². The molecule has 0 unspecified atom stereocenters. The molecule has 0 aromatic heterocycles.